The maximum absolute atomic E-state index is 12.8. The highest BCUT2D eigenvalue weighted by Gasteiger charge is 2.29. The van der Waals surface area contributed by atoms with E-state index in [0.717, 1.165) is 36.1 Å². The van der Waals surface area contributed by atoms with Gasteiger partial charge in [0.25, 0.3) is 0 Å². The van der Waals surface area contributed by atoms with Crippen LogP contribution in [0.15, 0.2) is 41.3 Å². The van der Waals surface area contributed by atoms with Crippen molar-refractivity contribution in [2.24, 2.45) is 0 Å². The van der Waals surface area contributed by atoms with Crippen molar-refractivity contribution >= 4 is 21.6 Å². The van der Waals surface area contributed by atoms with Gasteiger partial charge in [-0.05, 0) is 54.7 Å². The molecular weight excluding hydrogens is 362 g/mol. The number of hydrogen-bond donors (Lipinski definition) is 1. The molecule has 0 amide bonds. The quantitative estimate of drug-likeness (QED) is 0.886. The van der Waals surface area contributed by atoms with Gasteiger partial charge in [0, 0.05) is 6.04 Å². The number of aryl methyl sites for hydroxylation is 1. The molecule has 2 aromatic rings. The predicted octanol–water partition coefficient (Wildman–Crippen LogP) is 3.47. The Hall–Kier alpha value is -1.76. The molecule has 0 aromatic heterocycles. The molecule has 0 saturated carbocycles. The zero-order valence-electron chi connectivity index (χ0n) is 13.5. The minimum atomic E-state index is -3.71. The number of halogens is 1. The van der Waals surface area contributed by atoms with E-state index in [4.69, 9.17) is 21.1 Å². The topological polar surface area (TPSA) is 64.6 Å². The summed E-state index contributed by atoms with van der Waals surface area (Å²) >= 11 is 6.07. The van der Waals surface area contributed by atoms with E-state index in [9.17, 15) is 8.42 Å². The van der Waals surface area contributed by atoms with E-state index in [-0.39, 0.29) is 16.0 Å². The lowest BCUT2D eigenvalue weighted by molar-refractivity contribution is 0.171. The summed E-state index contributed by atoms with van der Waals surface area (Å²) in [6, 6.07) is 10.0. The lowest BCUT2D eigenvalue weighted by atomic mass is 9.88. The molecule has 2 aliphatic rings. The molecule has 132 valence electrons. The zero-order chi connectivity index (χ0) is 17.4. The van der Waals surface area contributed by atoms with Gasteiger partial charge in [-0.25, -0.2) is 13.1 Å². The summed E-state index contributed by atoms with van der Waals surface area (Å²) in [5.41, 5.74) is 2.05. The second-order valence-electron chi connectivity index (χ2n) is 6.19. The van der Waals surface area contributed by atoms with Crippen molar-refractivity contribution in [3.05, 3.63) is 52.5 Å². The van der Waals surface area contributed by atoms with Crippen LogP contribution in [0.2, 0.25) is 5.02 Å². The molecule has 5 nitrogen and oxygen atoms in total. The number of rotatable bonds is 3. The largest absolute Gasteiger partial charge is 0.486 e. The zero-order valence-corrected chi connectivity index (χ0v) is 15.1. The number of benzene rings is 2. The Morgan fingerprint density at radius 1 is 1.08 bits per heavy atom. The highest BCUT2D eigenvalue weighted by molar-refractivity contribution is 7.89. The molecule has 4 rings (SSSR count). The van der Waals surface area contributed by atoms with E-state index in [0.29, 0.717) is 19.0 Å². The Kier molecular flexibility index (Phi) is 4.35. The number of hydrogen-bond acceptors (Lipinski definition) is 4. The molecule has 25 heavy (non-hydrogen) atoms. The van der Waals surface area contributed by atoms with Crippen LogP contribution in [0.4, 0.5) is 0 Å². The first-order chi connectivity index (χ1) is 12.0. The monoisotopic (exact) mass is 379 g/mol. The van der Waals surface area contributed by atoms with Gasteiger partial charge in [-0.1, -0.05) is 23.7 Å². The van der Waals surface area contributed by atoms with Gasteiger partial charge in [0.2, 0.25) is 10.0 Å². The van der Waals surface area contributed by atoms with Gasteiger partial charge < -0.3 is 9.47 Å². The molecular formula is C18H18ClNO4S. The van der Waals surface area contributed by atoms with Crippen LogP contribution in [0.5, 0.6) is 11.5 Å². The van der Waals surface area contributed by atoms with Gasteiger partial charge in [0.05, 0.1) is 5.02 Å². The van der Waals surface area contributed by atoms with E-state index < -0.39 is 10.0 Å². The SMILES string of the molecule is O=S(=O)(NC1CCCc2cc3c(cc21)OCCO3)c1ccccc1Cl. The molecule has 0 fully saturated rings. The summed E-state index contributed by atoms with van der Waals surface area (Å²) in [6.45, 7) is 1.04. The third kappa shape index (κ3) is 3.21. The predicted molar refractivity (Wildman–Crippen MR) is 94.9 cm³/mol. The third-order valence-electron chi connectivity index (χ3n) is 4.54. The van der Waals surface area contributed by atoms with Crippen LogP contribution in [0.1, 0.15) is 30.0 Å². The van der Waals surface area contributed by atoms with Gasteiger partial charge in [0.15, 0.2) is 11.5 Å². The number of sulfonamides is 1. The molecule has 1 unspecified atom stereocenters. The van der Waals surface area contributed by atoms with Crippen molar-refractivity contribution in [1.82, 2.24) is 4.72 Å². The van der Waals surface area contributed by atoms with Gasteiger partial charge in [-0.3, -0.25) is 0 Å². The average Bonchev–Trinajstić information content (AvgIpc) is 2.60. The fraction of sp³-hybridized carbons (Fsp3) is 0.333. The summed E-state index contributed by atoms with van der Waals surface area (Å²) in [5, 5.41) is 0.216. The molecule has 1 heterocycles. The van der Waals surface area contributed by atoms with Gasteiger partial charge in [-0.2, -0.15) is 0 Å². The van der Waals surface area contributed by atoms with Crippen LogP contribution in [0.3, 0.4) is 0 Å². The molecule has 7 heteroatoms. The molecule has 1 N–H and O–H groups in total. The van der Waals surface area contributed by atoms with E-state index in [1.165, 1.54) is 6.07 Å². The van der Waals surface area contributed by atoms with E-state index in [1.807, 2.05) is 12.1 Å². The maximum atomic E-state index is 12.8. The lowest BCUT2D eigenvalue weighted by Gasteiger charge is -2.29. The minimum absolute atomic E-state index is 0.0985. The van der Waals surface area contributed by atoms with Crippen LogP contribution in [-0.2, 0) is 16.4 Å². The third-order valence-corrected chi connectivity index (χ3v) is 6.51. The molecule has 1 aliphatic carbocycles. The van der Waals surface area contributed by atoms with Gasteiger partial charge >= 0.3 is 0 Å². The maximum Gasteiger partial charge on any atom is 0.242 e. The standard InChI is InChI=1S/C18H18ClNO4S/c19-14-5-1-2-7-18(14)25(21,22)20-15-6-3-4-12-10-16-17(11-13(12)15)24-9-8-23-16/h1-2,5,7,10-11,15,20H,3-4,6,8-9H2. The molecule has 1 aliphatic heterocycles. The second-order valence-corrected chi connectivity index (χ2v) is 8.28. The Bertz CT molecular complexity index is 913. The van der Waals surface area contributed by atoms with Crippen molar-refractivity contribution < 1.29 is 17.9 Å². The van der Waals surface area contributed by atoms with Crippen molar-refractivity contribution in [3.8, 4) is 11.5 Å². The molecule has 1 atom stereocenters. The van der Waals surface area contributed by atoms with Crippen molar-refractivity contribution in [3.63, 3.8) is 0 Å². The summed E-state index contributed by atoms with van der Waals surface area (Å²) in [7, 11) is -3.71. The molecule has 0 saturated heterocycles. The average molecular weight is 380 g/mol. The van der Waals surface area contributed by atoms with Crippen LogP contribution < -0.4 is 14.2 Å². The van der Waals surface area contributed by atoms with Gasteiger partial charge in [-0.15, -0.1) is 0 Å². The normalized spacial score (nSPS) is 19.3. The first-order valence-electron chi connectivity index (χ1n) is 8.24. The molecule has 0 radical (unpaired) electrons. The fourth-order valence-corrected chi connectivity index (χ4v) is 5.14. The summed E-state index contributed by atoms with van der Waals surface area (Å²) < 4.78 is 39.6. The Labute approximate surface area is 152 Å². The first-order valence-corrected chi connectivity index (χ1v) is 10.1. The summed E-state index contributed by atoms with van der Waals surface area (Å²) in [5.74, 6) is 1.41. The summed E-state index contributed by atoms with van der Waals surface area (Å²) in [6.07, 6.45) is 2.54. The van der Waals surface area contributed by atoms with Crippen LogP contribution in [0.25, 0.3) is 0 Å². The van der Waals surface area contributed by atoms with Crippen LogP contribution in [0, 0.1) is 0 Å². The van der Waals surface area contributed by atoms with Crippen molar-refractivity contribution in [2.45, 2.75) is 30.2 Å². The Morgan fingerprint density at radius 3 is 2.56 bits per heavy atom. The van der Waals surface area contributed by atoms with Crippen LogP contribution in [-0.4, -0.2) is 21.6 Å². The highest BCUT2D eigenvalue weighted by atomic mass is 35.5. The minimum Gasteiger partial charge on any atom is -0.486 e. The van der Waals surface area contributed by atoms with E-state index in [2.05, 4.69) is 4.72 Å². The molecule has 2 aromatic carbocycles. The number of ether oxygens (including phenoxy) is 2. The number of fused-ring (bicyclic) bond motifs is 2. The molecule has 0 spiro atoms. The Morgan fingerprint density at radius 2 is 1.80 bits per heavy atom. The van der Waals surface area contributed by atoms with Gasteiger partial charge in [0.1, 0.15) is 18.1 Å². The fourth-order valence-electron chi connectivity index (χ4n) is 3.38. The Balaban J connectivity index is 1.68. The van der Waals surface area contributed by atoms with Crippen molar-refractivity contribution in [1.29, 1.82) is 0 Å². The second kappa shape index (κ2) is 6.52. The smallest absolute Gasteiger partial charge is 0.242 e. The van der Waals surface area contributed by atoms with E-state index in [1.54, 1.807) is 18.2 Å². The van der Waals surface area contributed by atoms with Crippen molar-refractivity contribution in [2.75, 3.05) is 13.2 Å². The van der Waals surface area contributed by atoms with Crippen LogP contribution >= 0.6 is 11.6 Å². The summed E-state index contributed by atoms with van der Waals surface area (Å²) in [4.78, 5) is 0.0985. The number of nitrogens with one attached hydrogen (secondary N) is 1. The van der Waals surface area contributed by atoms with E-state index >= 15 is 0 Å². The molecule has 0 bridgehead atoms. The highest BCUT2D eigenvalue weighted by Crippen LogP contribution is 2.40. The first kappa shape index (κ1) is 16.7. The lowest BCUT2D eigenvalue weighted by Crippen LogP contribution is -2.31.